The summed E-state index contributed by atoms with van der Waals surface area (Å²) in [4.78, 5) is 18.3. The van der Waals surface area contributed by atoms with Crippen molar-refractivity contribution in [2.45, 2.75) is 25.8 Å². The molecular formula is C14H16N4O2. The van der Waals surface area contributed by atoms with Crippen LogP contribution in [0, 0.1) is 0 Å². The highest BCUT2D eigenvalue weighted by Crippen LogP contribution is 2.44. The number of hydrogen-bond donors (Lipinski definition) is 2. The van der Waals surface area contributed by atoms with Crippen LogP contribution < -0.4 is 16.4 Å². The van der Waals surface area contributed by atoms with Crippen molar-refractivity contribution in [2.75, 3.05) is 16.4 Å². The number of anilines is 3. The van der Waals surface area contributed by atoms with Crippen LogP contribution in [0.1, 0.15) is 25.3 Å². The Morgan fingerprint density at radius 3 is 2.65 bits per heavy atom. The van der Waals surface area contributed by atoms with E-state index in [2.05, 4.69) is 4.98 Å². The Bertz CT molecular complexity index is 677. The Kier molecular flexibility index (Phi) is 2.50. The van der Waals surface area contributed by atoms with Crippen LogP contribution in [0.2, 0.25) is 0 Å². The van der Waals surface area contributed by atoms with Crippen molar-refractivity contribution in [1.29, 1.82) is 0 Å². The molecule has 1 aromatic heterocycles. The molecule has 4 N–H and O–H groups in total. The summed E-state index contributed by atoms with van der Waals surface area (Å²) in [5.41, 5.74) is 13.7. The van der Waals surface area contributed by atoms with Crippen molar-refractivity contribution in [1.82, 2.24) is 4.98 Å². The van der Waals surface area contributed by atoms with Gasteiger partial charge < -0.3 is 20.8 Å². The highest BCUT2D eigenvalue weighted by molar-refractivity contribution is 6.08. The second-order valence-corrected chi connectivity index (χ2v) is 5.44. The van der Waals surface area contributed by atoms with Gasteiger partial charge in [0.1, 0.15) is 12.8 Å². The van der Waals surface area contributed by atoms with E-state index < -0.39 is 5.41 Å². The summed E-state index contributed by atoms with van der Waals surface area (Å²) in [6, 6.07) is 3.51. The predicted octanol–water partition coefficient (Wildman–Crippen LogP) is 1.66. The fraction of sp³-hybridized carbons (Fsp3) is 0.286. The highest BCUT2D eigenvalue weighted by Gasteiger charge is 2.44. The standard InChI is InChI=1S/C14H16N4O2/c1-14(2)8-5-9(15)10(16)6-11(8)18(13(14)19)7-12-17-3-4-20-12/h3-6H,7,15-16H2,1-2H3. The Labute approximate surface area is 116 Å². The number of rotatable bonds is 2. The van der Waals surface area contributed by atoms with Gasteiger partial charge in [-0.1, -0.05) is 0 Å². The van der Waals surface area contributed by atoms with Crippen molar-refractivity contribution in [3.8, 4) is 0 Å². The molecule has 0 aliphatic carbocycles. The fourth-order valence-electron chi connectivity index (χ4n) is 2.53. The van der Waals surface area contributed by atoms with E-state index in [0.29, 0.717) is 17.3 Å². The maximum Gasteiger partial charge on any atom is 0.237 e. The van der Waals surface area contributed by atoms with Crippen LogP contribution in [0.25, 0.3) is 0 Å². The third-order valence-electron chi connectivity index (χ3n) is 3.72. The van der Waals surface area contributed by atoms with Crippen molar-refractivity contribution < 1.29 is 9.21 Å². The van der Waals surface area contributed by atoms with Gasteiger partial charge in [0.15, 0.2) is 0 Å². The summed E-state index contributed by atoms with van der Waals surface area (Å²) in [5, 5.41) is 0. The minimum atomic E-state index is -0.635. The lowest BCUT2D eigenvalue weighted by atomic mass is 9.86. The first-order valence-corrected chi connectivity index (χ1v) is 6.31. The molecule has 3 rings (SSSR count). The molecule has 2 heterocycles. The molecule has 0 spiro atoms. The lowest BCUT2D eigenvalue weighted by Gasteiger charge is -2.18. The third kappa shape index (κ3) is 1.65. The number of oxazole rings is 1. The van der Waals surface area contributed by atoms with E-state index in [1.54, 1.807) is 23.2 Å². The van der Waals surface area contributed by atoms with Gasteiger partial charge in [0.25, 0.3) is 0 Å². The minimum absolute atomic E-state index is 0.0179. The van der Waals surface area contributed by atoms with Gasteiger partial charge in [0.05, 0.1) is 28.7 Å². The quantitative estimate of drug-likeness (QED) is 0.810. The normalized spacial score (nSPS) is 16.5. The molecule has 20 heavy (non-hydrogen) atoms. The highest BCUT2D eigenvalue weighted by atomic mass is 16.3. The van der Waals surface area contributed by atoms with Crippen molar-refractivity contribution in [2.24, 2.45) is 0 Å². The molecule has 0 saturated carbocycles. The molecule has 6 nitrogen and oxygen atoms in total. The number of nitrogens with two attached hydrogens (primary N) is 2. The van der Waals surface area contributed by atoms with Crippen molar-refractivity contribution >= 4 is 23.0 Å². The number of nitrogens with zero attached hydrogens (tertiary/aromatic N) is 2. The molecule has 6 heteroatoms. The topological polar surface area (TPSA) is 98.4 Å². The number of hydrogen-bond acceptors (Lipinski definition) is 5. The van der Waals surface area contributed by atoms with E-state index in [1.807, 2.05) is 13.8 Å². The van der Waals surface area contributed by atoms with E-state index in [0.717, 1.165) is 11.3 Å². The summed E-state index contributed by atoms with van der Waals surface area (Å²) < 4.78 is 5.22. The number of benzene rings is 1. The van der Waals surface area contributed by atoms with Crippen LogP contribution in [-0.2, 0) is 16.8 Å². The average molecular weight is 272 g/mol. The van der Waals surface area contributed by atoms with Crippen molar-refractivity contribution in [3.63, 3.8) is 0 Å². The molecule has 1 aromatic carbocycles. The van der Waals surface area contributed by atoms with E-state index in [4.69, 9.17) is 15.9 Å². The molecule has 1 amide bonds. The number of fused-ring (bicyclic) bond motifs is 1. The molecular weight excluding hydrogens is 256 g/mol. The Balaban J connectivity index is 2.10. The molecule has 0 fully saturated rings. The first kappa shape index (κ1) is 12.5. The van der Waals surface area contributed by atoms with Gasteiger partial charge in [0.2, 0.25) is 11.8 Å². The van der Waals surface area contributed by atoms with E-state index in [-0.39, 0.29) is 12.5 Å². The molecule has 1 aliphatic heterocycles. The first-order chi connectivity index (χ1) is 9.41. The van der Waals surface area contributed by atoms with E-state index >= 15 is 0 Å². The second kappa shape index (κ2) is 4.00. The molecule has 0 radical (unpaired) electrons. The van der Waals surface area contributed by atoms with Gasteiger partial charge in [-0.25, -0.2) is 4.98 Å². The Hall–Kier alpha value is -2.50. The Morgan fingerprint density at radius 2 is 2.00 bits per heavy atom. The number of aromatic nitrogens is 1. The minimum Gasteiger partial charge on any atom is -0.447 e. The van der Waals surface area contributed by atoms with E-state index in [9.17, 15) is 4.79 Å². The fourth-order valence-corrected chi connectivity index (χ4v) is 2.53. The van der Waals surface area contributed by atoms with Crippen LogP contribution in [-0.4, -0.2) is 10.9 Å². The van der Waals surface area contributed by atoms with Crippen LogP contribution in [0.5, 0.6) is 0 Å². The summed E-state index contributed by atoms with van der Waals surface area (Å²) in [7, 11) is 0. The number of carbonyl (C=O) groups excluding carboxylic acids is 1. The summed E-state index contributed by atoms with van der Waals surface area (Å²) >= 11 is 0. The molecule has 2 aromatic rings. The van der Waals surface area contributed by atoms with Gasteiger partial charge in [-0.2, -0.15) is 0 Å². The van der Waals surface area contributed by atoms with Crippen LogP contribution in [0.4, 0.5) is 17.1 Å². The number of carbonyl (C=O) groups is 1. The second-order valence-electron chi connectivity index (χ2n) is 5.44. The summed E-state index contributed by atoms with van der Waals surface area (Å²) in [5.74, 6) is 0.466. The van der Waals surface area contributed by atoms with Crippen LogP contribution >= 0.6 is 0 Å². The molecule has 0 bridgehead atoms. The zero-order chi connectivity index (χ0) is 14.5. The van der Waals surface area contributed by atoms with Gasteiger partial charge in [-0.05, 0) is 31.5 Å². The third-order valence-corrected chi connectivity index (χ3v) is 3.72. The SMILES string of the molecule is CC1(C)C(=O)N(Cc2ncco2)c2cc(N)c(N)cc21. The molecule has 0 saturated heterocycles. The molecule has 104 valence electrons. The molecule has 0 atom stereocenters. The van der Waals surface area contributed by atoms with Gasteiger partial charge in [-0.15, -0.1) is 0 Å². The Morgan fingerprint density at radius 1 is 1.30 bits per heavy atom. The van der Waals surface area contributed by atoms with E-state index in [1.165, 1.54) is 6.26 Å². The first-order valence-electron chi connectivity index (χ1n) is 6.31. The largest absolute Gasteiger partial charge is 0.447 e. The van der Waals surface area contributed by atoms with Gasteiger partial charge in [0, 0.05) is 0 Å². The molecule has 0 unspecified atom stereocenters. The lowest BCUT2D eigenvalue weighted by Crippen LogP contribution is -2.35. The number of amides is 1. The van der Waals surface area contributed by atoms with Crippen molar-refractivity contribution in [3.05, 3.63) is 36.0 Å². The van der Waals surface area contributed by atoms with Crippen LogP contribution in [0.15, 0.2) is 29.0 Å². The summed E-state index contributed by atoms with van der Waals surface area (Å²) in [6.45, 7) is 4.03. The predicted molar refractivity (Wildman–Crippen MR) is 76.0 cm³/mol. The molecule has 1 aliphatic rings. The maximum absolute atomic E-state index is 12.6. The zero-order valence-corrected chi connectivity index (χ0v) is 11.4. The monoisotopic (exact) mass is 272 g/mol. The average Bonchev–Trinajstić information content (AvgIpc) is 2.95. The number of nitrogen functional groups attached to an aromatic ring is 2. The lowest BCUT2D eigenvalue weighted by molar-refractivity contribution is -0.122. The summed E-state index contributed by atoms with van der Waals surface area (Å²) in [6.07, 6.45) is 3.04. The van der Waals surface area contributed by atoms with Gasteiger partial charge in [-0.3, -0.25) is 4.79 Å². The maximum atomic E-state index is 12.6. The van der Waals surface area contributed by atoms with Crippen LogP contribution in [0.3, 0.4) is 0 Å². The van der Waals surface area contributed by atoms with Gasteiger partial charge >= 0.3 is 0 Å². The zero-order valence-electron chi connectivity index (χ0n) is 11.4. The smallest absolute Gasteiger partial charge is 0.237 e.